The van der Waals surface area contributed by atoms with Gasteiger partial charge in [-0.2, -0.15) is 0 Å². The van der Waals surface area contributed by atoms with Crippen molar-refractivity contribution in [3.63, 3.8) is 0 Å². The fourth-order valence-electron chi connectivity index (χ4n) is 2.44. The second-order valence-corrected chi connectivity index (χ2v) is 6.06. The molecular formula is C16H25ClN2O. The van der Waals surface area contributed by atoms with E-state index in [9.17, 15) is 0 Å². The summed E-state index contributed by atoms with van der Waals surface area (Å²) < 4.78 is 5.95. The van der Waals surface area contributed by atoms with Gasteiger partial charge in [0.15, 0.2) is 0 Å². The molecule has 1 aliphatic rings. The molecule has 0 bridgehead atoms. The van der Waals surface area contributed by atoms with Crippen LogP contribution in [0.4, 0.5) is 0 Å². The van der Waals surface area contributed by atoms with Crippen molar-refractivity contribution in [2.24, 2.45) is 0 Å². The van der Waals surface area contributed by atoms with E-state index in [0.717, 1.165) is 36.0 Å². The molecule has 20 heavy (non-hydrogen) atoms. The highest BCUT2D eigenvalue weighted by Gasteiger charge is 2.12. The second-order valence-electron chi connectivity index (χ2n) is 5.65. The molecule has 0 amide bonds. The third kappa shape index (κ3) is 4.65. The Labute approximate surface area is 127 Å². The predicted molar refractivity (Wildman–Crippen MR) is 84.6 cm³/mol. The Bertz CT molecular complexity index is 417. The van der Waals surface area contributed by atoms with E-state index in [1.54, 1.807) is 0 Å². The van der Waals surface area contributed by atoms with E-state index >= 15 is 0 Å². The van der Waals surface area contributed by atoms with Gasteiger partial charge in [-0.15, -0.1) is 0 Å². The summed E-state index contributed by atoms with van der Waals surface area (Å²) in [4.78, 5) is 2.45. The molecule has 1 saturated heterocycles. The van der Waals surface area contributed by atoms with Crippen LogP contribution in [0.25, 0.3) is 0 Å². The van der Waals surface area contributed by atoms with Gasteiger partial charge in [-0.1, -0.05) is 31.5 Å². The van der Waals surface area contributed by atoms with Gasteiger partial charge in [0.2, 0.25) is 0 Å². The number of nitrogens with one attached hydrogen (secondary N) is 1. The lowest BCUT2D eigenvalue weighted by Gasteiger charge is -2.18. The van der Waals surface area contributed by atoms with Gasteiger partial charge in [-0.25, -0.2) is 0 Å². The van der Waals surface area contributed by atoms with Crippen LogP contribution in [0, 0.1) is 0 Å². The highest BCUT2D eigenvalue weighted by molar-refractivity contribution is 6.31. The molecule has 0 saturated carbocycles. The van der Waals surface area contributed by atoms with Crippen LogP contribution in [0.2, 0.25) is 5.02 Å². The lowest BCUT2D eigenvalue weighted by molar-refractivity contribution is 0.236. The third-order valence-corrected chi connectivity index (χ3v) is 3.98. The SMILES string of the molecule is CC(C)NCc1c(Cl)cccc1OCCN1CCCC1. The van der Waals surface area contributed by atoms with E-state index in [2.05, 4.69) is 24.1 Å². The van der Waals surface area contributed by atoms with Crippen molar-refractivity contribution in [1.82, 2.24) is 10.2 Å². The first-order chi connectivity index (χ1) is 9.66. The Morgan fingerprint density at radius 2 is 2.05 bits per heavy atom. The van der Waals surface area contributed by atoms with E-state index in [-0.39, 0.29) is 0 Å². The normalized spacial score (nSPS) is 16.0. The fourth-order valence-corrected chi connectivity index (χ4v) is 2.68. The highest BCUT2D eigenvalue weighted by Crippen LogP contribution is 2.26. The van der Waals surface area contributed by atoms with Crippen LogP contribution in [0.15, 0.2) is 18.2 Å². The summed E-state index contributed by atoms with van der Waals surface area (Å²) in [7, 11) is 0. The van der Waals surface area contributed by atoms with Gasteiger partial charge in [0.1, 0.15) is 12.4 Å². The first-order valence-corrected chi connectivity index (χ1v) is 7.90. The molecule has 1 fully saturated rings. The molecule has 0 radical (unpaired) electrons. The number of likely N-dealkylation sites (tertiary alicyclic amines) is 1. The van der Waals surface area contributed by atoms with Crippen molar-refractivity contribution < 1.29 is 4.74 Å². The molecule has 1 aromatic rings. The predicted octanol–water partition coefficient (Wildman–Crippen LogP) is 3.31. The van der Waals surface area contributed by atoms with Crippen molar-refractivity contribution in [3.05, 3.63) is 28.8 Å². The van der Waals surface area contributed by atoms with Gasteiger partial charge >= 0.3 is 0 Å². The van der Waals surface area contributed by atoms with Crippen LogP contribution in [-0.2, 0) is 6.54 Å². The highest BCUT2D eigenvalue weighted by atomic mass is 35.5. The van der Waals surface area contributed by atoms with Crippen molar-refractivity contribution in [2.75, 3.05) is 26.2 Å². The fraction of sp³-hybridized carbons (Fsp3) is 0.625. The quantitative estimate of drug-likeness (QED) is 0.835. The van der Waals surface area contributed by atoms with Crippen LogP contribution >= 0.6 is 11.6 Å². The zero-order chi connectivity index (χ0) is 14.4. The lowest BCUT2D eigenvalue weighted by atomic mass is 10.2. The number of ether oxygens (including phenoxy) is 1. The summed E-state index contributed by atoms with van der Waals surface area (Å²) in [5, 5.41) is 4.17. The van der Waals surface area contributed by atoms with Crippen molar-refractivity contribution >= 4 is 11.6 Å². The Morgan fingerprint density at radius 3 is 2.75 bits per heavy atom. The summed E-state index contributed by atoms with van der Waals surface area (Å²) in [6.07, 6.45) is 2.64. The minimum absolute atomic E-state index is 0.434. The molecule has 1 N–H and O–H groups in total. The van der Waals surface area contributed by atoms with Gasteiger partial charge in [0.05, 0.1) is 0 Å². The van der Waals surface area contributed by atoms with Crippen molar-refractivity contribution in [1.29, 1.82) is 0 Å². The molecule has 0 aliphatic carbocycles. The number of nitrogens with zero attached hydrogens (tertiary/aromatic N) is 1. The summed E-state index contributed by atoms with van der Waals surface area (Å²) in [5.41, 5.74) is 1.06. The molecule has 112 valence electrons. The molecule has 0 atom stereocenters. The average molecular weight is 297 g/mol. The van der Waals surface area contributed by atoms with E-state index in [4.69, 9.17) is 16.3 Å². The maximum absolute atomic E-state index is 6.29. The lowest BCUT2D eigenvalue weighted by Crippen LogP contribution is -2.26. The number of halogens is 1. The zero-order valence-corrected chi connectivity index (χ0v) is 13.2. The molecule has 2 rings (SSSR count). The molecule has 0 unspecified atom stereocenters. The van der Waals surface area contributed by atoms with E-state index in [1.165, 1.54) is 25.9 Å². The molecule has 0 aromatic heterocycles. The van der Waals surface area contributed by atoms with Gasteiger partial charge in [0.25, 0.3) is 0 Å². The van der Waals surface area contributed by atoms with Crippen LogP contribution in [0.3, 0.4) is 0 Å². The van der Waals surface area contributed by atoms with Crippen molar-refractivity contribution in [2.45, 2.75) is 39.3 Å². The first kappa shape index (κ1) is 15.6. The maximum atomic E-state index is 6.29. The molecule has 1 aliphatic heterocycles. The maximum Gasteiger partial charge on any atom is 0.125 e. The minimum Gasteiger partial charge on any atom is -0.492 e. The smallest absolute Gasteiger partial charge is 0.125 e. The van der Waals surface area contributed by atoms with Crippen LogP contribution in [0.1, 0.15) is 32.3 Å². The molecular weight excluding hydrogens is 272 g/mol. The van der Waals surface area contributed by atoms with Gasteiger partial charge in [0, 0.05) is 29.7 Å². The Kier molecular flexibility index (Phi) is 6.14. The Hall–Kier alpha value is -0.770. The molecule has 4 heteroatoms. The monoisotopic (exact) mass is 296 g/mol. The van der Waals surface area contributed by atoms with Gasteiger partial charge < -0.3 is 10.1 Å². The minimum atomic E-state index is 0.434. The third-order valence-electron chi connectivity index (χ3n) is 3.63. The number of hydrogen-bond donors (Lipinski definition) is 1. The van der Waals surface area contributed by atoms with Crippen molar-refractivity contribution in [3.8, 4) is 5.75 Å². The summed E-state index contributed by atoms with van der Waals surface area (Å²) >= 11 is 6.29. The van der Waals surface area contributed by atoms with Crippen LogP contribution < -0.4 is 10.1 Å². The molecule has 0 spiro atoms. The summed E-state index contributed by atoms with van der Waals surface area (Å²) in [6.45, 7) is 9.16. The van der Waals surface area contributed by atoms with E-state index in [1.807, 2.05) is 18.2 Å². The number of rotatable bonds is 7. The van der Waals surface area contributed by atoms with Crippen LogP contribution in [-0.4, -0.2) is 37.2 Å². The molecule has 1 heterocycles. The number of hydrogen-bond acceptors (Lipinski definition) is 3. The molecule has 1 aromatic carbocycles. The number of benzene rings is 1. The van der Waals surface area contributed by atoms with E-state index < -0.39 is 0 Å². The Balaban J connectivity index is 1.90. The largest absolute Gasteiger partial charge is 0.492 e. The van der Waals surface area contributed by atoms with Gasteiger partial charge in [-0.3, -0.25) is 4.90 Å². The average Bonchev–Trinajstić information content (AvgIpc) is 2.91. The summed E-state index contributed by atoms with van der Waals surface area (Å²) in [5.74, 6) is 0.907. The second kappa shape index (κ2) is 7.87. The topological polar surface area (TPSA) is 24.5 Å². The standard InChI is InChI=1S/C16H25ClN2O/c1-13(2)18-12-14-15(17)6-5-7-16(14)20-11-10-19-8-3-4-9-19/h5-7,13,18H,3-4,8-12H2,1-2H3. The van der Waals surface area contributed by atoms with Crippen LogP contribution in [0.5, 0.6) is 5.75 Å². The van der Waals surface area contributed by atoms with Gasteiger partial charge in [-0.05, 0) is 38.1 Å². The molecule has 3 nitrogen and oxygen atoms in total. The Morgan fingerprint density at radius 1 is 1.30 bits per heavy atom. The van der Waals surface area contributed by atoms with E-state index in [0.29, 0.717) is 6.04 Å². The first-order valence-electron chi connectivity index (χ1n) is 7.52. The summed E-state index contributed by atoms with van der Waals surface area (Å²) in [6, 6.07) is 6.31. The zero-order valence-electron chi connectivity index (χ0n) is 12.5.